The minimum atomic E-state index is -3.78. The molecule has 21 heavy (non-hydrogen) atoms. The van der Waals surface area contributed by atoms with Crippen molar-refractivity contribution in [2.45, 2.75) is 4.90 Å². The molecule has 0 aliphatic carbocycles. The summed E-state index contributed by atoms with van der Waals surface area (Å²) in [6.07, 6.45) is 1.50. The molecule has 0 atom stereocenters. The van der Waals surface area contributed by atoms with Gasteiger partial charge in [-0.15, -0.1) is 0 Å². The number of fused-ring (bicyclic) bond motifs is 3. The van der Waals surface area contributed by atoms with E-state index < -0.39 is 10.0 Å². The molecule has 1 aromatic carbocycles. The number of nitrogens with zero attached hydrogens (tertiary/aromatic N) is 1. The van der Waals surface area contributed by atoms with Crippen molar-refractivity contribution in [2.75, 3.05) is 7.05 Å². The van der Waals surface area contributed by atoms with Crippen LogP contribution in [0.2, 0.25) is 0 Å². The molecule has 2 heterocycles. The Hall–Kier alpha value is -2.45. The van der Waals surface area contributed by atoms with Crippen LogP contribution in [-0.2, 0) is 10.0 Å². The van der Waals surface area contributed by atoms with E-state index in [-0.39, 0.29) is 16.5 Å². The lowest BCUT2D eigenvalue weighted by atomic mass is 10.1. The van der Waals surface area contributed by atoms with Gasteiger partial charge in [-0.3, -0.25) is 4.79 Å². The summed E-state index contributed by atoms with van der Waals surface area (Å²) in [5.74, 6) is -0.321. The Morgan fingerprint density at radius 3 is 2.71 bits per heavy atom. The Labute approximate surface area is 120 Å². The number of rotatable bonds is 2. The maximum Gasteiger partial charge on any atom is 0.271 e. The molecule has 2 aromatic heterocycles. The van der Waals surface area contributed by atoms with E-state index in [1.165, 1.54) is 25.4 Å². The van der Waals surface area contributed by atoms with E-state index in [2.05, 4.69) is 15.3 Å². The van der Waals surface area contributed by atoms with Crippen molar-refractivity contribution in [3.05, 3.63) is 36.2 Å². The van der Waals surface area contributed by atoms with Gasteiger partial charge in [0, 0.05) is 29.5 Å². The largest absolute Gasteiger partial charge is 0.354 e. The first-order valence-corrected chi connectivity index (χ1v) is 7.62. The number of aromatic amines is 1. The van der Waals surface area contributed by atoms with E-state index in [4.69, 9.17) is 5.14 Å². The molecule has 0 spiro atoms. The fraction of sp³-hybridized carbons (Fsp3) is 0.0769. The second-order valence-corrected chi connectivity index (χ2v) is 6.10. The Kier molecular flexibility index (Phi) is 2.92. The molecule has 0 radical (unpaired) electrons. The summed E-state index contributed by atoms with van der Waals surface area (Å²) in [6, 6.07) is 6.23. The highest BCUT2D eigenvalue weighted by atomic mass is 32.2. The monoisotopic (exact) mass is 304 g/mol. The molecule has 0 aliphatic heterocycles. The van der Waals surface area contributed by atoms with Gasteiger partial charge < -0.3 is 10.3 Å². The average Bonchev–Trinajstić information content (AvgIpc) is 2.83. The number of aromatic nitrogens is 2. The third-order valence-electron chi connectivity index (χ3n) is 3.26. The number of H-pyrrole nitrogens is 1. The smallest absolute Gasteiger partial charge is 0.271 e. The third kappa shape index (κ3) is 2.14. The van der Waals surface area contributed by atoms with Gasteiger partial charge in [-0.05, 0) is 24.3 Å². The van der Waals surface area contributed by atoms with Crippen molar-refractivity contribution in [2.24, 2.45) is 5.14 Å². The highest BCUT2D eigenvalue weighted by Crippen LogP contribution is 2.28. The van der Waals surface area contributed by atoms with Crippen LogP contribution >= 0.6 is 0 Å². The maximum atomic E-state index is 11.8. The topological polar surface area (TPSA) is 118 Å². The maximum absolute atomic E-state index is 11.8. The second kappa shape index (κ2) is 4.54. The molecule has 0 fully saturated rings. The summed E-state index contributed by atoms with van der Waals surface area (Å²) in [6.45, 7) is 0. The molecule has 0 bridgehead atoms. The van der Waals surface area contributed by atoms with Crippen LogP contribution in [0.15, 0.2) is 35.4 Å². The van der Waals surface area contributed by atoms with Gasteiger partial charge in [0.15, 0.2) is 5.69 Å². The summed E-state index contributed by atoms with van der Waals surface area (Å²) in [5, 5.41) is 9.04. The molecule has 0 saturated heterocycles. The van der Waals surface area contributed by atoms with Gasteiger partial charge in [-0.2, -0.15) is 0 Å². The highest BCUT2D eigenvalue weighted by Gasteiger charge is 2.16. The molecule has 0 aliphatic rings. The summed E-state index contributed by atoms with van der Waals surface area (Å²) < 4.78 is 22.9. The van der Waals surface area contributed by atoms with E-state index in [0.29, 0.717) is 21.8 Å². The summed E-state index contributed by atoms with van der Waals surface area (Å²) in [7, 11) is -2.26. The third-order valence-corrected chi connectivity index (χ3v) is 4.17. The van der Waals surface area contributed by atoms with Gasteiger partial charge in [0.2, 0.25) is 10.0 Å². The molecule has 7 nitrogen and oxygen atoms in total. The first-order valence-electron chi connectivity index (χ1n) is 6.07. The number of carbonyl (C=O) groups is 1. The van der Waals surface area contributed by atoms with E-state index >= 15 is 0 Å². The molecule has 0 unspecified atom stereocenters. The van der Waals surface area contributed by atoms with Crippen LogP contribution in [0.4, 0.5) is 0 Å². The number of hydrogen-bond donors (Lipinski definition) is 3. The number of nitrogens with one attached hydrogen (secondary N) is 2. The fourth-order valence-electron chi connectivity index (χ4n) is 2.27. The molecule has 108 valence electrons. The highest BCUT2D eigenvalue weighted by molar-refractivity contribution is 7.89. The SMILES string of the molecule is CNC(=O)c1nccc2c1[nH]c1ccc(S(N)(=O)=O)cc12. The van der Waals surface area contributed by atoms with Crippen molar-refractivity contribution in [1.82, 2.24) is 15.3 Å². The van der Waals surface area contributed by atoms with Crippen LogP contribution in [0.1, 0.15) is 10.5 Å². The number of amides is 1. The number of sulfonamides is 1. The van der Waals surface area contributed by atoms with Crippen molar-refractivity contribution in [3.8, 4) is 0 Å². The Balaban J connectivity index is 2.39. The van der Waals surface area contributed by atoms with Crippen molar-refractivity contribution < 1.29 is 13.2 Å². The minimum Gasteiger partial charge on any atom is -0.354 e. The zero-order chi connectivity index (χ0) is 15.2. The molecule has 4 N–H and O–H groups in total. The first kappa shape index (κ1) is 13.5. The molecule has 3 rings (SSSR count). The zero-order valence-electron chi connectivity index (χ0n) is 11.0. The van der Waals surface area contributed by atoms with Crippen LogP contribution in [-0.4, -0.2) is 31.3 Å². The lowest BCUT2D eigenvalue weighted by molar-refractivity contribution is 0.0960. The fourth-order valence-corrected chi connectivity index (χ4v) is 2.81. The van der Waals surface area contributed by atoms with Crippen molar-refractivity contribution in [1.29, 1.82) is 0 Å². The van der Waals surface area contributed by atoms with Crippen LogP contribution in [0.25, 0.3) is 21.8 Å². The normalized spacial score (nSPS) is 11.9. The summed E-state index contributed by atoms with van der Waals surface area (Å²) >= 11 is 0. The summed E-state index contributed by atoms with van der Waals surface area (Å²) in [5.41, 5.74) is 1.51. The Bertz CT molecular complexity index is 976. The Morgan fingerprint density at radius 2 is 2.05 bits per heavy atom. The molecule has 1 amide bonds. The predicted molar refractivity (Wildman–Crippen MR) is 78.4 cm³/mol. The quantitative estimate of drug-likeness (QED) is 0.646. The molecular formula is C13H12N4O3S. The summed E-state index contributed by atoms with van der Waals surface area (Å²) in [4.78, 5) is 19.0. The van der Waals surface area contributed by atoms with Crippen molar-refractivity contribution in [3.63, 3.8) is 0 Å². The minimum absolute atomic E-state index is 0.0224. The second-order valence-electron chi connectivity index (χ2n) is 4.54. The lowest BCUT2D eigenvalue weighted by Gasteiger charge is -2.00. The number of carbonyl (C=O) groups excluding carboxylic acids is 1. The number of primary sulfonamides is 1. The van der Waals surface area contributed by atoms with Crippen LogP contribution in [0.5, 0.6) is 0 Å². The van der Waals surface area contributed by atoms with E-state index in [0.717, 1.165) is 0 Å². The van der Waals surface area contributed by atoms with Gasteiger partial charge in [-0.25, -0.2) is 18.5 Å². The van der Waals surface area contributed by atoms with Crippen molar-refractivity contribution >= 4 is 37.7 Å². The van der Waals surface area contributed by atoms with E-state index in [1.54, 1.807) is 12.1 Å². The standard InChI is InChI=1S/C13H12N4O3S/c1-15-13(18)12-11-8(4-5-16-12)9-6-7(21(14,19)20)2-3-10(9)17-11/h2-6,17H,1H3,(H,15,18)(H2,14,19,20). The predicted octanol–water partition coefficient (Wildman–Crippen LogP) is 0.723. The van der Waals surface area contributed by atoms with E-state index in [1.807, 2.05) is 0 Å². The zero-order valence-corrected chi connectivity index (χ0v) is 11.9. The number of nitrogens with two attached hydrogens (primary N) is 1. The number of pyridine rings is 1. The van der Waals surface area contributed by atoms with Gasteiger partial charge in [-0.1, -0.05) is 0 Å². The first-order chi connectivity index (χ1) is 9.91. The van der Waals surface area contributed by atoms with E-state index in [9.17, 15) is 13.2 Å². The van der Waals surface area contributed by atoms with Crippen LogP contribution in [0.3, 0.4) is 0 Å². The van der Waals surface area contributed by atoms with Gasteiger partial charge in [0.05, 0.1) is 10.4 Å². The van der Waals surface area contributed by atoms with Crippen LogP contribution < -0.4 is 10.5 Å². The average molecular weight is 304 g/mol. The number of benzene rings is 1. The lowest BCUT2D eigenvalue weighted by Crippen LogP contribution is -2.19. The van der Waals surface area contributed by atoms with Gasteiger partial charge in [0.25, 0.3) is 5.91 Å². The van der Waals surface area contributed by atoms with Gasteiger partial charge in [0.1, 0.15) is 0 Å². The molecule has 3 aromatic rings. The molecular weight excluding hydrogens is 292 g/mol. The Morgan fingerprint density at radius 1 is 1.29 bits per heavy atom. The molecule has 8 heteroatoms. The number of hydrogen-bond acceptors (Lipinski definition) is 4. The van der Waals surface area contributed by atoms with Gasteiger partial charge >= 0.3 is 0 Å². The molecule has 0 saturated carbocycles. The van der Waals surface area contributed by atoms with Crippen LogP contribution in [0, 0.1) is 0 Å².